The second-order valence-electron chi connectivity index (χ2n) is 3.86. The highest BCUT2D eigenvalue weighted by atomic mass is 79.9. The lowest BCUT2D eigenvalue weighted by atomic mass is 10.3. The summed E-state index contributed by atoms with van der Waals surface area (Å²) < 4.78 is 6.08. The number of carboxylic acid groups (broad SMARTS) is 1. The molecule has 3 rings (SSSR count). The summed E-state index contributed by atoms with van der Waals surface area (Å²) in [5.74, 6) is -1.17. The number of carbonyl (C=O) groups is 1. The summed E-state index contributed by atoms with van der Waals surface area (Å²) in [6, 6.07) is 6.74. The van der Waals surface area contributed by atoms with Crippen LogP contribution in [0.15, 0.2) is 55.5 Å². The van der Waals surface area contributed by atoms with E-state index in [1.165, 1.54) is 17.8 Å². The molecule has 100 valence electrons. The Morgan fingerprint density at radius 3 is 2.90 bits per heavy atom. The van der Waals surface area contributed by atoms with Crippen LogP contribution in [0.3, 0.4) is 0 Å². The molecule has 0 aromatic carbocycles. The van der Waals surface area contributed by atoms with Crippen molar-refractivity contribution in [1.29, 1.82) is 0 Å². The molecule has 0 saturated carbocycles. The Morgan fingerprint density at radius 2 is 2.15 bits per heavy atom. The zero-order valence-electron chi connectivity index (χ0n) is 9.91. The normalized spacial score (nSPS) is 10.8. The maximum atomic E-state index is 10.8. The van der Waals surface area contributed by atoms with Gasteiger partial charge in [0.15, 0.2) is 5.09 Å². The van der Waals surface area contributed by atoms with Crippen LogP contribution in [-0.2, 0) is 0 Å². The number of hydrogen-bond donors (Lipinski definition) is 1. The molecule has 0 aliphatic carbocycles. The van der Waals surface area contributed by atoms with Crippen LogP contribution in [0.4, 0.5) is 0 Å². The van der Waals surface area contributed by atoms with E-state index in [0.717, 1.165) is 20.4 Å². The molecule has 20 heavy (non-hydrogen) atoms. The van der Waals surface area contributed by atoms with Crippen molar-refractivity contribution in [3.05, 3.63) is 46.9 Å². The number of furan rings is 1. The molecule has 1 N–H and O–H groups in total. The van der Waals surface area contributed by atoms with Crippen molar-refractivity contribution in [1.82, 2.24) is 9.97 Å². The molecule has 0 radical (unpaired) electrons. The van der Waals surface area contributed by atoms with Crippen molar-refractivity contribution in [3.8, 4) is 0 Å². The molecule has 3 aromatic heterocycles. The summed E-state index contributed by atoms with van der Waals surface area (Å²) in [5, 5.41) is 9.34. The van der Waals surface area contributed by atoms with E-state index in [9.17, 15) is 4.79 Å². The van der Waals surface area contributed by atoms with Gasteiger partial charge in [-0.15, -0.1) is 0 Å². The van der Waals surface area contributed by atoms with Crippen molar-refractivity contribution in [2.75, 3.05) is 0 Å². The monoisotopic (exact) mass is 350 g/mol. The van der Waals surface area contributed by atoms with E-state index in [1.54, 1.807) is 18.5 Å². The zero-order valence-corrected chi connectivity index (χ0v) is 12.3. The zero-order chi connectivity index (χ0) is 14.1. The first kappa shape index (κ1) is 13.1. The van der Waals surface area contributed by atoms with Gasteiger partial charge in [0.25, 0.3) is 0 Å². The van der Waals surface area contributed by atoms with Crippen LogP contribution in [0.5, 0.6) is 0 Å². The molecule has 0 saturated heterocycles. The summed E-state index contributed by atoms with van der Waals surface area (Å²) in [7, 11) is 0. The van der Waals surface area contributed by atoms with Gasteiger partial charge in [0.1, 0.15) is 5.52 Å². The van der Waals surface area contributed by atoms with Gasteiger partial charge in [0, 0.05) is 21.8 Å². The van der Waals surface area contributed by atoms with Gasteiger partial charge in [-0.2, -0.15) is 0 Å². The summed E-state index contributed by atoms with van der Waals surface area (Å²) >= 11 is 4.66. The minimum atomic E-state index is -1.08. The average Bonchev–Trinajstić information content (AvgIpc) is 2.87. The highest BCUT2D eigenvalue weighted by molar-refractivity contribution is 9.10. The van der Waals surface area contributed by atoms with E-state index < -0.39 is 5.97 Å². The molecule has 0 aliphatic rings. The maximum Gasteiger partial charge on any atom is 0.371 e. The molecule has 0 aliphatic heterocycles. The van der Waals surface area contributed by atoms with Crippen LogP contribution in [0.25, 0.3) is 11.0 Å². The predicted octanol–water partition coefficient (Wildman–Crippen LogP) is 3.83. The molecule has 0 amide bonds. The number of fused-ring (bicyclic) bond motifs is 1. The number of hydrogen-bond acceptors (Lipinski definition) is 5. The summed E-state index contributed by atoms with van der Waals surface area (Å²) in [6.45, 7) is 0. The largest absolute Gasteiger partial charge is 0.475 e. The van der Waals surface area contributed by atoms with Crippen molar-refractivity contribution < 1.29 is 14.3 Å². The van der Waals surface area contributed by atoms with Crippen LogP contribution in [0.2, 0.25) is 0 Å². The van der Waals surface area contributed by atoms with Gasteiger partial charge in [-0.05, 0) is 52.0 Å². The number of pyridine rings is 2. The SMILES string of the molecule is O=C(O)c1ccc(Sc2ccnc3cc(Br)cnc23)o1. The molecule has 3 heterocycles. The van der Waals surface area contributed by atoms with Gasteiger partial charge in [-0.25, -0.2) is 4.79 Å². The van der Waals surface area contributed by atoms with Crippen molar-refractivity contribution in [3.63, 3.8) is 0 Å². The van der Waals surface area contributed by atoms with Crippen LogP contribution >= 0.6 is 27.7 Å². The Balaban J connectivity index is 1.99. The third-order valence-electron chi connectivity index (χ3n) is 2.51. The molecule has 0 spiro atoms. The Labute approximate surface area is 126 Å². The number of halogens is 1. The van der Waals surface area contributed by atoms with E-state index >= 15 is 0 Å². The van der Waals surface area contributed by atoms with E-state index in [2.05, 4.69) is 25.9 Å². The predicted molar refractivity (Wildman–Crippen MR) is 77.0 cm³/mol. The number of carboxylic acids is 1. The van der Waals surface area contributed by atoms with Crippen molar-refractivity contribution in [2.45, 2.75) is 9.99 Å². The maximum absolute atomic E-state index is 10.8. The smallest absolute Gasteiger partial charge is 0.371 e. The average molecular weight is 351 g/mol. The number of nitrogens with zero attached hydrogens (tertiary/aromatic N) is 2. The summed E-state index contributed by atoms with van der Waals surface area (Å²) in [6.07, 6.45) is 3.37. The first-order chi connectivity index (χ1) is 9.63. The van der Waals surface area contributed by atoms with E-state index in [-0.39, 0.29) is 5.76 Å². The fraction of sp³-hybridized carbons (Fsp3) is 0. The Kier molecular flexibility index (Phi) is 3.45. The lowest BCUT2D eigenvalue weighted by Gasteiger charge is -2.03. The van der Waals surface area contributed by atoms with Crippen LogP contribution in [-0.4, -0.2) is 21.0 Å². The fourth-order valence-corrected chi connectivity index (χ4v) is 2.85. The van der Waals surface area contributed by atoms with Gasteiger partial charge in [0.05, 0.1) is 5.52 Å². The number of aromatic carboxylic acids is 1. The lowest BCUT2D eigenvalue weighted by Crippen LogP contribution is -1.91. The minimum Gasteiger partial charge on any atom is -0.475 e. The van der Waals surface area contributed by atoms with E-state index in [0.29, 0.717) is 5.09 Å². The van der Waals surface area contributed by atoms with Gasteiger partial charge >= 0.3 is 5.97 Å². The highest BCUT2D eigenvalue weighted by Crippen LogP contribution is 2.33. The van der Waals surface area contributed by atoms with Gasteiger partial charge in [0.2, 0.25) is 5.76 Å². The summed E-state index contributed by atoms with van der Waals surface area (Å²) in [4.78, 5) is 20.2. The standard InChI is InChI=1S/C13H7BrN2O3S/c14-7-5-8-12(16-6-7)10(3-4-15-8)20-11-2-1-9(19-11)13(17)18/h1-6H,(H,17,18). The molecule has 0 unspecified atom stereocenters. The van der Waals surface area contributed by atoms with Gasteiger partial charge in [-0.1, -0.05) is 0 Å². The number of aromatic nitrogens is 2. The topological polar surface area (TPSA) is 76.2 Å². The van der Waals surface area contributed by atoms with Crippen LogP contribution < -0.4 is 0 Å². The molecule has 0 fully saturated rings. The van der Waals surface area contributed by atoms with E-state index in [1.807, 2.05) is 12.1 Å². The first-order valence-corrected chi connectivity index (χ1v) is 7.16. The van der Waals surface area contributed by atoms with E-state index in [4.69, 9.17) is 9.52 Å². The Bertz CT molecular complexity index is 803. The quantitative estimate of drug-likeness (QED) is 0.773. The molecule has 0 bridgehead atoms. The third kappa shape index (κ3) is 2.54. The van der Waals surface area contributed by atoms with Crippen molar-refractivity contribution in [2.24, 2.45) is 0 Å². The van der Waals surface area contributed by atoms with Gasteiger partial charge < -0.3 is 9.52 Å². The summed E-state index contributed by atoms with van der Waals surface area (Å²) in [5.41, 5.74) is 1.50. The molecule has 3 aromatic rings. The van der Waals surface area contributed by atoms with Gasteiger partial charge in [-0.3, -0.25) is 9.97 Å². The molecule has 0 atom stereocenters. The second kappa shape index (κ2) is 5.26. The van der Waals surface area contributed by atoms with Crippen molar-refractivity contribution >= 4 is 44.7 Å². The van der Waals surface area contributed by atoms with Crippen LogP contribution in [0.1, 0.15) is 10.6 Å². The molecule has 5 nitrogen and oxygen atoms in total. The third-order valence-corrected chi connectivity index (χ3v) is 3.91. The second-order valence-corrected chi connectivity index (χ2v) is 5.82. The minimum absolute atomic E-state index is 0.0819. The lowest BCUT2D eigenvalue weighted by molar-refractivity contribution is 0.0656. The molecular formula is C13H7BrN2O3S. The first-order valence-electron chi connectivity index (χ1n) is 5.55. The Hall–Kier alpha value is -1.86. The molecular weight excluding hydrogens is 344 g/mol. The fourth-order valence-electron chi connectivity index (χ4n) is 1.66. The van der Waals surface area contributed by atoms with Crippen LogP contribution in [0, 0.1) is 0 Å². The highest BCUT2D eigenvalue weighted by Gasteiger charge is 2.12. The molecule has 7 heteroatoms. The number of rotatable bonds is 3. The Morgan fingerprint density at radius 1 is 1.30 bits per heavy atom.